The van der Waals surface area contributed by atoms with Gasteiger partial charge in [0.1, 0.15) is 11.5 Å². The van der Waals surface area contributed by atoms with Gasteiger partial charge < -0.3 is 15.7 Å². The molecule has 1 saturated heterocycles. The van der Waals surface area contributed by atoms with Crippen molar-refractivity contribution in [1.29, 1.82) is 0 Å². The summed E-state index contributed by atoms with van der Waals surface area (Å²) in [7, 11) is 0. The molecule has 6 heteroatoms. The molecule has 98 valence electrons. The molecule has 1 aliphatic rings. The Hall–Kier alpha value is -1.53. The summed E-state index contributed by atoms with van der Waals surface area (Å²) < 4.78 is 0. The molecule has 1 aromatic heterocycles. The lowest BCUT2D eigenvalue weighted by atomic mass is 10.0. The largest absolute Gasteiger partial charge is 0.390 e. The second kappa shape index (κ2) is 4.99. The zero-order valence-electron chi connectivity index (χ0n) is 10.6. The van der Waals surface area contributed by atoms with Gasteiger partial charge in [0, 0.05) is 24.8 Å². The molecule has 1 fully saturated rings. The van der Waals surface area contributed by atoms with E-state index in [0.717, 1.165) is 5.69 Å². The molecule has 0 aliphatic carbocycles. The highest BCUT2D eigenvalue weighted by Gasteiger charge is 2.28. The Morgan fingerprint density at radius 3 is 2.83 bits per heavy atom. The number of aliphatic hydroxyl groups is 1. The molecule has 0 aromatic carbocycles. The lowest BCUT2D eigenvalue weighted by Crippen LogP contribution is -2.52. The van der Waals surface area contributed by atoms with Crippen molar-refractivity contribution in [2.45, 2.75) is 32.4 Å². The minimum Gasteiger partial charge on any atom is -0.390 e. The van der Waals surface area contributed by atoms with Gasteiger partial charge in [0.25, 0.3) is 5.91 Å². The van der Waals surface area contributed by atoms with Gasteiger partial charge in [-0.25, -0.2) is 9.97 Å². The van der Waals surface area contributed by atoms with Crippen molar-refractivity contribution >= 4 is 5.91 Å². The van der Waals surface area contributed by atoms with Gasteiger partial charge in [-0.2, -0.15) is 0 Å². The Labute approximate surface area is 106 Å². The molecule has 0 radical (unpaired) electrons. The maximum absolute atomic E-state index is 12.2. The van der Waals surface area contributed by atoms with Crippen molar-refractivity contribution in [3.8, 4) is 0 Å². The van der Waals surface area contributed by atoms with Crippen molar-refractivity contribution < 1.29 is 9.90 Å². The van der Waals surface area contributed by atoms with Gasteiger partial charge in [0.2, 0.25) is 0 Å². The van der Waals surface area contributed by atoms with Gasteiger partial charge in [-0.1, -0.05) is 0 Å². The molecule has 1 amide bonds. The van der Waals surface area contributed by atoms with E-state index in [9.17, 15) is 9.90 Å². The number of aliphatic hydroxyl groups excluding tert-OH is 1. The smallest absolute Gasteiger partial charge is 0.272 e. The molecule has 0 bridgehead atoms. The third-order valence-electron chi connectivity index (χ3n) is 3.11. The number of aromatic nitrogens is 2. The monoisotopic (exact) mass is 250 g/mol. The fourth-order valence-corrected chi connectivity index (χ4v) is 2.12. The molecule has 2 rings (SSSR count). The highest BCUT2D eigenvalue weighted by atomic mass is 16.3. The first-order valence-electron chi connectivity index (χ1n) is 6.02. The van der Waals surface area contributed by atoms with Gasteiger partial charge in [0.05, 0.1) is 6.10 Å². The van der Waals surface area contributed by atoms with Crippen LogP contribution in [0.25, 0.3) is 0 Å². The molecule has 1 aromatic rings. The Kier molecular flexibility index (Phi) is 3.58. The summed E-state index contributed by atoms with van der Waals surface area (Å²) in [6, 6.07) is 1.42. The van der Waals surface area contributed by atoms with Crippen LogP contribution in [0.15, 0.2) is 6.07 Å². The fourth-order valence-electron chi connectivity index (χ4n) is 2.12. The number of piperidine rings is 1. The van der Waals surface area contributed by atoms with E-state index in [1.807, 2.05) is 6.92 Å². The zero-order chi connectivity index (χ0) is 13.3. The molecule has 2 atom stereocenters. The molecular weight excluding hydrogens is 232 g/mol. The molecule has 1 aliphatic heterocycles. The number of hydrogen-bond acceptors (Lipinski definition) is 5. The van der Waals surface area contributed by atoms with Crippen LogP contribution in [-0.2, 0) is 0 Å². The number of nitrogens with zero attached hydrogens (tertiary/aromatic N) is 3. The molecule has 18 heavy (non-hydrogen) atoms. The summed E-state index contributed by atoms with van der Waals surface area (Å²) in [6.07, 6.45) is -0.0533. The number of carbonyl (C=O) groups excluding carboxylic acids is 1. The molecule has 0 saturated carbocycles. The summed E-state index contributed by atoms with van der Waals surface area (Å²) in [4.78, 5) is 22.1. The maximum Gasteiger partial charge on any atom is 0.272 e. The van der Waals surface area contributed by atoms with Crippen LogP contribution in [0.3, 0.4) is 0 Å². The molecular formula is C12H18N4O2. The van der Waals surface area contributed by atoms with E-state index in [-0.39, 0.29) is 18.5 Å². The number of likely N-dealkylation sites (tertiary alicyclic amines) is 1. The summed E-state index contributed by atoms with van der Waals surface area (Å²) in [5, 5.41) is 9.70. The van der Waals surface area contributed by atoms with Gasteiger partial charge in [0.15, 0.2) is 0 Å². The molecule has 6 nitrogen and oxygen atoms in total. The number of aryl methyl sites for hydroxylation is 2. The predicted octanol–water partition coefficient (Wildman–Crippen LogP) is -0.372. The van der Waals surface area contributed by atoms with E-state index in [1.165, 1.54) is 0 Å². The third-order valence-corrected chi connectivity index (χ3v) is 3.11. The lowest BCUT2D eigenvalue weighted by Gasteiger charge is -2.33. The molecule has 2 heterocycles. The summed E-state index contributed by atoms with van der Waals surface area (Å²) in [5.41, 5.74) is 6.86. The van der Waals surface area contributed by atoms with E-state index in [0.29, 0.717) is 24.5 Å². The highest BCUT2D eigenvalue weighted by molar-refractivity contribution is 5.92. The van der Waals surface area contributed by atoms with Gasteiger partial charge in [-0.3, -0.25) is 4.79 Å². The number of nitrogens with two attached hydrogens (primary N) is 1. The van der Waals surface area contributed by atoms with Crippen molar-refractivity contribution in [1.82, 2.24) is 14.9 Å². The average Bonchev–Trinajstić information content (AvgIpc) is 2.30. The lowest BCUT2D eigenvalue weighted by molar-refractivity contribution is 0.0390. The SMILES string of the molecule is Cc1cc(C(=O)N2CC[C@@H](N)[C@H](O)C2)nc(C)n1. The topological polar surface area (TPSA) is 92.3 Å². The van der Waals surface area contributed by atoms with E-state index in [1.54, 1.807) is 17.9 Å². The summed E-state index contributed by atoms with van der Waals surface area (Å²) >= 11 is 0. The van der Waals surface area contributed by atoms with E-state index < -0.39 is 6.10 Å². The average molecular weight is 250 g/mol. The van der Waals surface area contributed by atoms with Crippen LogP contribution < -0.4 is 5.73 Å². The minimum atomic E-state index is -0.660. The fraction of sp³-hybridized carbons (Fsp3) is 0.583. The van der Waals surface area contributed by atoms with E-state index in [2.05, 4.69) is 9.97 Å². The standard InChI is InChI=1S/C12H18N4O2/c1-7-5-10(15-8(2)14-7)12(18)16-4-3-9(13)11(17)6-16/h5,9,11,17H,3-4,6,13H2,1-2H3/t9-,11-/m1/s1. The van der Waals surface area contributed by atoms with Crippen LogP contribution in [0.4, 0.5) is 0 Å². The summed E-state index contributed by atoms with van der Waals surface area (Å²) in [6.45, 7) is 4.40. The quantitative estimate of drug-likeness (QED) is 0.709. The minimum absolute atomic E-state index is 0.172. The molecule has 0 unspecified atom stereocenters. The van der Waals surface area contributed by atoms with Crippen molar-refractivity contribution in [2.75, 3.05) is 13.1 Å². The first-order chi connectivity index (χ1) is 8.47. The van der Waals surface area contributed by atoms with Crippen LogP contribution in [0.2, 0.25) is 0 Å². The van der Waals surface area contributed by atoms with E-state index in [4.69, 9.17) is 5.73 Å². The van der Waals surface area contributed by atoms with Crippen molar-refractivity contribution in [2.24, 2.45) is 5.73 Å². The van der Waals surface area contributed by atoms with Gasteiger partial charge >= 0.3 is 0 Å². The molecule has 0 spiro atoms. The van der Waals surface area contributed by atoms with Crippen LogP contribution in [-0.4, -0.2) is 51.1 Å². The summed E-state index contributed by atoms with van der Waals surface area (Å²) in [5.74, 6) is 0.405. The molecule has 3 N–H and O–H groups in total. The Balaban J connectivity index is 2.16. The van der Waals surface area contributed by atoms with Crippen molar-refractivity contribution in [3.05, 3.63) is 23.3 Å². The van der Waals surface area contributed by atoms with Gasteiger partial charge in [-0.15, -0.1) is 0 Å². The number of rotatable bonds is 1. The predicted molar refractivity (Wildman–Crippen MR) is 66.0 cm³/mol. The van der Waals surface area contributed by atoms with Crippen molar-refractivity contribution in [3.63, 3.8) is 0 Å². The maximum atomic E-state index is 12.2. The first kappa shape index (κ1) is 12.9. The second-order valence-corrected chi connectivity index (χ2v) is 4.71. The highest BCUT2D eigenvalue weighted by Crippen LogP contribution is 2.13. The Bertz CT molecular complexity index is 443. The van der Waals surface area contributed by atoms with Crippen LogP contribution in [0.1, 0.15) is 28.4 Å². The van der Waals surface area contributed by atoms with Gasteiger partial charge in [-0.05, 0) is 26.3 Å². The van der Waals surface area contributed by atoms with Crippen LogP contribution in [0.5, 0.6) is 0 Å². The Morgan fingerprint density at radius 2 is 2.22 bits per heavy atom. The zero-order valence-corrected chi connectivity index (χ0v) is 10.6. The number of hydrogen-bond donors (Lipinski definition) is 2. The van der Waals surface area contributed by atoms with Crippen LogP contribution in [0, 0.1) is 13.8 Å². The number of amides is 1. The number of β-amino-alcohol motifs (C(OH)–C–C–N with tert-alkyl or cyclic N) is 1. The van der Waals surface area contributed by atoms with Crippen LogP contribution >= 0.6 is 0 Å². The van der Waals surface area contributed by atoms with E-state index >= 15 is 0 Å². The normalized spacial score (nSPS) is 24.1. The third kappa shape index (κ3) is 2.65. The first-order valence-corrected chi connectivity index (χ1v) is 6.02. The Morgan fingerprint density at radius 1 is 1.50 bits per heavy atom. The second-order valence-electron chi connectivity index (χ2n) is 4.71. The number of carbonyl (C=O) groups is 1.